The van der Waals surface area contributed by atoms with Gasteiger partial charge in [0.15, 0.2) is 0 Å². The van der Waals surface area contributed by atoms with Crippen LogP contribution in [0.4, 0.5) is 0 Å². The molecular weight excluding hydrogens is 140 g/mol. The lowest BCUT2D eigenvalue weighted by Gasteiger charge is -2.01. The Kier molecular flexibility index (Phi) is 2.52. The van der Waals surface area contributed by atoms with Crippen LogP contribution in [0.3, 0.4) is 0 Å². The van der Waals surface area contributed by atoms with Crippen molar-refractivity contribution < 1.29 is 4.74 Å². The Balaban J connectivity index is 2.86. The highest BCUT2D eigenvalue weighted by Gasteiger charge is 2.05. The van der Waals surface area contributed by atoms with E-state index in [1.807, 2.05) is 13.2 Å². The highest BCUT2D eigenvalue weighted by Crippen LogP contribution is 2.17. The molecule has 0 saturated carbocycles. The van der Waals surface area contributed by atoms with Gasteiger partial charge in [0.2, 0.25) is 5.88 Å². The van der Waals surface area contributed by atoms with Gasteiger partial charge in [0, 0.05) is 12.6 Å². The van der Waals surface area contributed by atoms with Crippen molar-refractivity contribution in [3.63, 3.8) is 0 Å². The first-order valence-corrected chi connectivity index (χ1v) is 3.84. The van der Waals surface area contributed by atoms with Gasteiger partial charge < -0.3 is 4.74 Å². The first-order valence-electron chi connectivity index (χ1n) is 3.84. The summed E-state index contributed by atoms with van der Waals surface area (Å²) in [6.07, 6.45) is 4.03. The van der Waals surface area contributed by atoms with E-state index in [2.05, 4.69) is 12.0 Å². The van der Waals surface area contributed by atoms with Gasteiger partial charge in [0.05, 0.1) is 13.3 Å². The molecule has 0 fully saturated rings. The van der Waals surface area contributed by atoms with Crippen LogP contribution in [0.15, 0.2) is 6.20 Å². The summed E-state index contributed by atoms with van der Waals surface area (Å²) < 4.78 is 6.92. The summed E-state index contributed by atoms with van der Waals surface area (Å²) in [5.74, 6) is 0.881. The number of rotatable bonds is 3. The lowest BCUT2D eigenvalue weighted by molar-refractivity contribution is 0.369. The highest BCUT2D eigenvalue weighted by atomic mass is 16.5. The Hall–Kier alpha value is -0.990. The van der Waals surface area contributed by atoms with E-state index >= 15 is 0 Å². The van der Waals surface area contributed by atoms with E-state index in [9.17, 15) is 0 Å². The molecule has 1 aromatic rings. The van der Waals surface area contributed by atoms with Crippen molar-refractivity contribution in [2.75, 3.05) is 7.11 Å². The molecule has 0 spiro atoms. The third-order valence-corrected chi connectivity index (χ3v) is 1.67. The Morgan fingerprint density at radius 1 is 1.64 bits per heavy atom. The van der Waals surface area contributed by atoms with Gasteiger partial charge in [-0.15, -0.1) is 0 Å². The van der Waals surface area contributed by atoms with Gasteiger partial charge in [-0.1, -0.05) is 13.3 Å². The molecule has 1 rings (SSSR count). The third-order valence-electron chi connectivity index (χ3n) is 1.67. The zero-order valence-corrected chi connectivity index (χ0v) is 7.29. The van der Waals surface area contributed by atoms with Crippen LogP contribution < -0.4 is 4.74 Å². The van der Waals surface area contributed by atoms with Gasteiger partial charge in [-0.25, -0.2) is 4.68 Å². The van der Waals surface area contributed by atoms with Crippen LogP contribution in [-0.2, 0) is 13.5 Å². The molecule has 1 aromatic heterocycles. The van der Waals surface area contributed by atoms with Crippen LogP contribution in [0.2, 0.25) is 0 Å². The van der Waals surface area contributed by atoms with E-state index in [1.165, 1.54) is 5.56 Å². The molecule has 0 aliphatic carbocycles. The topological polar surface area (TPSA) is 27.1 Å². The summed E-state index contributed by atoms with van der Waals surface area (Å²) in [7, 11) is 3.56. The maximum atomic E-state index is 5.17. The minimum absolute atomic E-state index is 0.881. The van der Waals surface area contributed by atoms with Gasteiger partial charge in [-0.2, -0.15) is 5.10 Å². The molecule has 0 radical (unpaired) electrons. The molecule has 0 bridgehead atoms. The first kappa shape index (κ1) is 8.11. The monoisotopic (exact) mass is 154 g/mol. The van der Waals surface area contributed by atoms with Crippen LogP contribution >= 0.6 is 0 Å². The second-order valence-electron chi connectivity index (χ2n) is 2.55. The molecule has 0 amide bonds. The molecule has 0 saturated heterocycles. The molecule has 0 unspecified atom stereocenters. The van der Waals surface area contributed by atoms with E-state index in [0.29, 0.717) is 0 Å². The van der Waals surface area contributed by atoms with Gasteiger partial charge in [0.1, 0.15) is 0 Å². The van der Waals surface area contributed by atoms with E-state index in [-0.39, 0.29) is 0 Å². The maximum absolute atomic E-state index is 5.17. The average Bonchev–Trinajstić information content (AvgIpc) is 2.33. The number of aryl methyl sites for hydroxylation is 2. The first-order chi connectivity index (χ1) is 5.29. The third kappa shape index (κ3) is 1.53. The standard InChI is InChI=1S/C8H14N2O/c1-4-5-7-6-9-10(2)8(7)11-3/h6H,4-5H2,1-3H3. The van der Waals surface area contributed by atoms with Crippen molar-refractivity contribution in [1.29, 1.82) is 0 Å². The average molecular weight is 154 g/mol. The summed E-state index contributed by atoms with van der Waals surface area (Å²) in [5.41, 5.74) is 1.19. The summed E-state index contributed by atoms with van der Waals surface area (Å²) in [6.45, 7) is 2.15. The van der Waals surface area contributed by atoms with E-state index in [4.69, 9.17) is 4.74 Å². The molecule has 3 heteroatoms. The minimum atomic E-state index is 0.881. The molecular formula is C8H14N2O. The zero-order chi connectivity index (χ0) is 8.27. The lowest BCUT2D eigenvalue weighted by Crippen LogP contribution is -1.96. The van der Waals surface area contributed by atoms with Crippen LogP contribution in [-0.4, -0.2) is 16.9 Å². The number of hydrogen-bond donors (Lipinski definition) is 0. The summed E-state index contributed by atoms with van der Waals surface area (Å²) in [6, 6.07) is 0. The fourth-order valence-electron chi connectivity index (χ4n) is 1.18. The number of hydrogen-bond acceptors (Lipinski definition) is 2. The summed E-state index contributed by atoms with van der Waals surface area (Å²) in [4.78, 5) is 0. The molecule has 3 nitrogen and oxygen atoms in total. The fraction of sp³-hybridized carbons (Fsp3) is 0.625. The lowest BCUT2D eigenvalue weighted by atomic mass is 10.2. The summed E-state index contributed by atoms with van der Waals surface area (Å²) in [5, 5.41) is 4.10. The zero-order valence-electron chi connectivity index (χ0n) is 7.29. The van der Waals surface area contributed by atoms with E-state index in [1.54, 1.807) is 11.8 Å². The molecule has 0 aromatic carbocycles. The maximum Gasteiger partial charge on any atom is 0.214 e. The van der Waals surface area contributed by atoms with Crippen molar-refractivity contribution in [2.45, 2.75) is 19.8 Å². The Morgan fingerprint density at radius 3 is 2.91 bits per heavy atom. The van der Waals surface area contributed by atoms with Crippen LogP contribution in [0, 0.1) is 0 Å². The van der Waals surface area contributed by atoms with Crippen LogP contribution in [0.5, 0.6) is 5.88 Å². The fourth-order valence-corrected chi connectivity index (χ4v) is 1.18. The second-order valence-corrected chi connectivity index (χ2v) is 2.55. The normalized spacial score (nSPS) is 10.1. The minimum Gasteiger partial charge on any atom is -0.481 e. The van der Waals surface area contributed by atoms with Crippen molar-refractivity contribution >= 4 is 0 Å². The van der Waals surface area contributed by atoms with Crippen LogP contribution in [0.25, 0.3) is 0 Å². The number of ether oxygens (including phenoxy) is 1. The SMILES string of the molecule is CCCc1cnn(C)c1OC. The van der Waals surface area contributed by atoms with E-state index < -0.39 is 0 Å². The molecule has 0 atom stereocenters. The largest absolute Gasteiger partial charge is 0.481 e. The quantitative estimate of drug-likeness (QED) is 0.657. The second kappa shape index (κ2) is 3.42. The van der Waals surface area contributed by atoms with Gasteiger partial charge in [-0.3, -0.25) is 0 Å². The Bertz CT molecular complexity index is 230. The molecule has 0 N–H and O–H groups in total. The molecule has 11 heavy (non-hydrogen) atoms. The Morgan fingerprint density at radius 2 is 2.36 bits per heavy atom. The van der Waals surface area contributed by atoms with Crippen molar-refractivity contribution in [3.8, 4) is 5.88 Å². The molecule has 62 valence electrons. The van der Waals surface area contributed by atoms with Crippen LogP contribution in [0.1, 0.15) is 18.9 Å². The highest BCUT2D eigenvalue weighted by molar-refractivity contribution is 5.23. The van der Waals surface area contributed by atoms with Crippen molar-refractivity contribution in [2.24, 2.45) is 7.05 Å². The number of nitrogens with zero attached hydrogens (tertiary/aromatic N) is 2. The van der Waals surface area contributed by atoms with Gasteiger partial charge in [-0.05, 0) is 6.42 Å². The predicted molar refractivity (Wildman–Crippen MR) is 43.8 cm³/mol. The smallest absolute Gasteiger partial charge is 0.214 e. The van der Waals surface area contributed by atoms with Gasteiger partial charge >= 0.3 is 0 Å². The molecule has 0 aliphatic rings. The van der Waals surface area contributed by atoms with E-state index in [0.717, 1.165) is 18.7 Å². The molecule has 0 aliphatic heterocycles. The predicted octanol–water partition coefficient (Wildman–Crippen LogP) is 1.38. The summed E-state index contributed by atoms with van der Waals surface area (Å²) >= 11 is 0. The Labute approximate surface area is 67.0 Å². The molecule has 1 heterocycles. The van der Waals surface area contributed by atoms with Gasteiger partial charge in [0.25, 0.3) is 0 Å². The van der Waals surface area contributed by atoms with Crippen molar-refractivity contribution in [3.05, 3.63) is 11.8 Å². The van der Waals surface area contributed by atoms with Crippen molar-refractivity contribution in [1.82, 2.24) is 9.78 Å². The number of methoxy groups -OCH3 is 1. The number of aromatic nitrogens is 2.